The molecule has 0 spiro atoms. The van der Waals surface area contributed by atoms with Gasteiger partial charge in [0.2, 0.25) is 0 Å². The molecule has 0 radical (unpaired) electrons. The second-order valence-electron chi connectivity index (χ2n) is 7.50. The fourth-order valence-electron chi connectivity index (χ4n) is 2.75. The molecule has 1 aliphatic rings. The Labute approximate surface area is 143 Å². The van der Waals surface area contributed by atoms with E-state index in [1.54, 1.807) is 0 Å². The van der Waals surface area contributed by atoms with Crippen LogP contribution in [-0.2, 0) is 11.0 Å². The first-order valence-electron chi connectivity index (χ1n) is 8.69. The van der Waals surface area contributed by atoms with Gasteiger partial charge in [0.05, 0.1) is 27.5 Å². The van der Waals surface area contributed by atoms with Gasteiger partial charge in [-0.1, -0.05) is 12.5 Å². The third-order valence-electron chi connectivity index (χ3n) is 4.28. The van der Waals surface area contributed by atoms with Gasteiger partial charge in [-0.2, -0.15) is 0 Å². The molecule has 0 bridgehead atoms. The van der Waals surface area contributed by atoms with E-state index in [2.05, 4.69) is 26.7 Å². The Bertz CT molecular complexity index is 504. The van der Waals surface area contributed by atoms with E-state index in [9.17, 15) is 4.21 Å². The van der Waals surface area contributed by atoms with Crippen molar-refractivity contribution in [1.29, 1.82) is 0 Å². The minimum absolute atomic E-state index is 0.0394. The second-order valence-corrected chi connectivity index (χ2v) is 9.50. The van der Waals surface area contributed by atoms with E-state index in [1.807, 2.05) is 33.9 Å². The molecule has 1 aromatic rings. The van der Waals surface area contributed by atoms with Crippen molar-refractivity contribution in [2.45, 2.75) is 64.2 Å². The summed E-state index contributed by atoms with van der Waals surface area (Å²) >= 11 is 0. The summed E-state index contributed by atoms with van der Waals surface area (Å²) < 4.78 is 15.6. The number of hydrogen-bond donors (Lipinski definition) is 1. The molecule has 1 aliphatic heterocycles. The maximum absolute atomic E-state index is 12.5. The normalized spacial score (nSPS) is 19.5. The van der Waals surface area contributed by atoms with Gasteiger partial charge in [0.25, 0.3) is 0 Å². The lowest BCUT2D eigenvalue weighted by molar-refractivity contribution is 0.219. The van der Waals surface area contributed by atoms with Gasteiger partial charge in [0.15, 0.2) is 0 Å². The van der Waals surface area contributed by atoms with Crippen molar-refractivity contribution in [3.05, 3.63) is 29.6 Å². The Morgan fingerprint density at radius 1 is 1.26 bits per heavy atom. The number of piperidine rings is 1. The minimum Gasteiger partial charge on any atom is -0.303 e. The number of nitrogens with one attached hydrogen (secondary N) is 1. The van der Waals surface area contributed by atoms with Crippen LogP contribution in [0.25, 0.3) is 0 Å². The number of aryl methyl sites for hydroxylation is 1. The number of nitrogens with zero attached hydrogens (tertiary/aromatic N) is 2. The lowest BCUT2D eigenvalue weighted by Crippen LogP contribution is -2.38. The predicted molar refractivity (Wildman–Crippen MR) is 97.7 cm³/mol. The summed E-state index contributed by atoms with van der Waals surface area (Å²) in [7, 11) is -1.09. The molecule has 130 valence electrons. The Kier molecular flexibility index (Phi) is 6.74. The first-order chi connectivity index (χ1) is 10.9. The zero-order valence-corrected chi connectivity index (χ0v) is 15.8. The Hall–Kier alpha value is -0.780. The molecule has 1 aromatic heterocycles. The zero-order valence-electron chi connectivity index (χ0n) is 15.0. The fraction of sp³-hybridized carbons (Fsp3) is 0.722. The van der Waals surface area contributed by atoms with E-state index >= 15 is 0 Å². The van der Waals surface area contributed by atoms with E-state index in [4.69, 9.17) is 0 Å². The van der Waals surface area contributed by atoms with Gasteiger partial charge in [-0.05, 0) is 71.7 Å². The van der Waals surface area contributed by atoms with E-state index in [-0.39, 0.29) is 10.8 Å². The van der Waals surface area contributed by atoms with E-state index in [0.29, 0.717) is 0 Å². The highest BCUT2D eigenvalue weighted by Crippen LogP contribution is 2.20. The van der Waals surface area contributed by atoms with E-state index < -0.39 is 11.0 Å². The average molecular weight is 338 g/mol. The molecule has 0 saturated carbocycles. The molecule has 0 aromatic carbocycles. The quantitative estimate of drug-likeness (QED) is 0.866. The van der Waals surface area contributed by atoms with Crippen LogP contribution in [0.2, 0.25) is 0 Å². The van der Waals surface area contributed by atoms with Gasteiger partial charge in [-0.15, -0.1) is 0 Å². The standard InChI is InChI=1S/C18H31N3OS/c1-15-8-9-16(19-14-15)17(20-23(22)18(2,3)4)10-13-21-11-6-5-7-12-21/h8-9,14,17,20H,5-7,10-13H2,1-4H3/t17?,23-/m1/s1. The fourth-order valence-corrected chi connectivity index (χ4v) is 3.60. The first kappa shape index (κ1) is 18.6. The summed E-state index contributed by atoms with van der Waals surface area (Å²) in [6.45, 7) is 11.5. The molecular weight excluding hydrogens is 306 g/mol. The third-order valence-corrected chi connectivity index (χ3v) is 5.89. The number of rotatable bonds is 6. The average Bonchev–Trinajstić information content (AvgIpc) is 2.52. The van der Waals surface area contributed by atoms with Crippen molar-refractivity contribution >= 4 is 11.0 Å². The molecule has 0 amide bonds. The summed E-state index contributed by atoms with van der Waals surface area (Å²) in [4.78, 5) is 7.08. The summed E-state index contributed by atoms with van der Waals surface area (Å²) in [6.07, 6.45) is 6.79. The Morgan fingerprint density at radius 3 is 2.52 bits per heavy atom. The SMILES string of the molecule is Cc1ccc(C(CCN2CCCCC2)N[S@](=O)C(C)(C)C)nc1. The summed E-state index contributed by atoms with van der Waals surface area (Å²) in [5.41, 5.74) is 2.14. The van der Waals surface area contributed by atoms with Crippen LogP contribution < -0.4 is 4.72 Å². The Balaban J connectivity index is 2.04. The lowest BCUT2D eigenvalue weighted by Gasteiger charge is -2.29. The van der Waals surface area contributed by atoms with Gasteiger partial charge in [-0.3, -0.25) is 4.98 Å². The van der Waals surface area contributed by atoms with Crippen molar-refractivity contribution in [2.75, 3.05) is 19.6 Å². The third kappa shape index (κ3) is 5.98. The number of pyridine rings is 1. The van der Waals surface area contributed by atoms with Crippen molar-refractivity contribution in [2.24, 2.45) is 0 Å². The van der Waals surface area contributed by atoms with Crippen LogP contribution in [-0.4, -0.2) is 38.5 Å². The van der Waals surface area contributed by atoms with Crippen molar-refractivity contribution < 1.29 is 4.21 Å². The largest absolute Gasteiger partial charge is 0.303 e. The highest BCUT2D eigenvalue weighted by atomic mass is 32.2. The molecule has 2 heterocycles. The van der Waals surface area contributed by atoms with Crippen LogP contribution in [0.4, 0.5) is 0 Å². The van der Waals surface area contributed by atoms with Gasteiger partial charge in [0, 0.05) is 12.7 Å². The molecule has 2 atom stereocenters. The Morgan fingerprint density at radius 2 is 1.96 bits per heavy atom. The molecule has 1 fully saturated rings. The van der Waals surface area contributed by atoms with Gasteiger partial charge in [-0.25, -0.2) is 8.93 Å². The summed E-state index contributed by atoms with van der Waals surface area (Å²) in [5.74, 6) is 0. The van der Waals surface area contributed by atoms with Crippen LogP contribution >= 0.6 is 0 Å². The maximum Gasteiger partial charge on any atom is 0.0976 e. The minimum atomic E-state index is -1.09. The maximum atomic E-state index is 12.5. The van der Waals surface area contributed by atoms with Gasteiger partial charge >= 0.3 is 0 Å². The molecule has 1 N–H and O–H groups in total. The topological polar surface area (TPSA) is 45.2 Å². The van der Waals surface area contributed by atoms with Crippen molar-refractivity contribution in [1.82, 2.24) is 14.6 Å². The highest BCUT2D eigenvalue weighted by molar-refractivity contribution is 7.84. The van der Waals surface area contributed by atoms with Gasteiger partial charge < -0.3 is 4.90 Å². The number of likely N-dealkylation sites (tertiary alicyclic amines) is 1. The first-order valence-corrected chi connectivity index (χ1v) is 9.84. The van der Waals surface area contributed by atoms with Crippen molar-refractivity contribution in [3.63, 3.8) is 0 Å². The molecule has 5 heteroatoms. The monoisotopic (exact) mass is 337 g/mol. The summed E-state index contributed by atoms with van der Waals surface area (Å²) in [6, 6.07) is 4.18. The van der Waals surface area contributed by atoms with E-state index in [1.165, 1.54) is 32.4 Å². The molecule has 0 aliphatic carbocycles. The number of hydrogen-bond acceptors (Lipinski definition) is 3. The molecule has 2 rings (SSSR count). The van der Waals surface area contributed by atoms with E-state index in [0.717, 1.165) is 24.2 Å². The zero-order chi connectivity index (χ0) is 16.9. The second kappa shape index (κ2) is 8.36. The lowest BCUT2D eigenvalue weighted by atomic mass is 10.1. The molecular formula is C18H31N3OS. The predicted octanol–water partition coefficient (Wildman–Crippen LogP) is 3.36. The van der Waals surface area contributed by atoms with Crippen molar-refractivity contribution in [3.8, 4) is 0 Å². The number of aromatic nitrogens is 1. The van der Waals surface area contributed by atoms with Crippen LogP contribution in [0.1, 0.15) is 63.8 Å². The highest BCUT2D eigenvalue weighted by Gasteiger charge is 2.25. The van der Waals surface area contributed by atoms with Crippen LogP contribution in [0.3, 0.4) is 0 Å². The molecule has 23 heavy (non-hydrogen) atoms. The smallest absolute Gasteiger partial charge is 0.0976 e. The molecule has 1 unspecified atom stereocenters. The van der Waals surface area contributed by atoms with Gasteiger partial charge in [0.1, 0.15) is 0 Å². The van der Waals surface area contributed by atoms with Crippen LogP contribution in [0.5, 0.6) is 0 Å². The van der Waals surface area contributed by atoms with Crippen LogP contribution in [0.15, 0.2) is 18.3 Å². The molecule has 1 saturated heterocycles. The molecule has 4 nitrogen and oxygen atoms in total. The van der Waals surface area contributed by atoms with Crippen LogP contribution in [0, 0.1) is 6.92 Å². The summed E-state index contributed by atoms with van der Waals surface area (Å²) in [5, 5.41) is 0.